The summed E-state index contributed by atoms with van der Waals surface area (Å²) in [5.41, 5.74) is 9.72. The van der Waals surface area contributed by atoms with Gasteiger partial charge in [-0.3, -0.25) is 0 Å². The zero-order valence-electron chi connectivity index (χ0n) is 8.25. The van der Waals surface area contributed by atoms with Crippen LogP contribution in [0.1, 0.15) is 11.1 Å². The van der Waals surface area contributed by atoms with Crippen LogP contribution < -0.4 is 10.6 Å². The number of hydrogen-bond acceptors (Lipinski definition) is 2. The van der Waals surface area contributed by atoms with Gasteiger partial charge in [0.15, 0.2) is 0 Å². The topological polar surface area (TPSA) is 29.3 Å². The predicted octanol–water partition coefficient (Wildman–Crippen LogP) is 1.45. The maximum Gasteiger partial charge on any atom is 0.0395 e. The molecule has 1 aromatic rings. The molecular weight excluding hydrogens is 160 g/mol. The molecule has 0 saturated carbocycles. The van der Waals surface area contributed by atoms with Crippen molar-refractivity contribution in [3.05, 3.63) is 29.3 Å². The standard InChI is InChI=1S/C11H16N2/c1-8-3-9(2)5-11(4-8)13-6-10(12)7-13/h3-5,10H,6-7,12H2,1-2H3. The van der Waals surface area contributed by atoms with Crippen LogP contribution in [0.2, 0.25) is 0 Å². The Morgan fingerprint density at radius 3 is 2.15 bits per heavy atom. The first kappa shape index (κ1) is 8.57. The van der Waals surface area contributed by atoms with Crippen LogP contribution in [0, 0.1) is 13.8 Å². The lowest BCUT2D eigenvalue weighted by molar-refractivity contribution is 0.519. The molecule has 0 aliphatic carbocycles. The van der Waals surface area contributed by atoms with Gasteiger partial charge >= 0.3 is 0 Å². The SMILES string of the molecule is Cc1cc(C)cc(N2CC(N)C2)c1. The van der Waals surface area contributed by atoms with Gasteiger partial charge in [0.05, 0.1) is 0 Å². The molecule has 2 heteroatoms. The molecule has 0 aromatic heterocycles. The van der Waals surface area contributed by atoms with Crippen molar-refractivity contribution in [1.82, 2.24) is 0 Å². The number of nitrogens with zero attached hydrogens (tertiary/aromatic N) is 1. The predicted molar refractivity (Wildman–Crippen MR) is 56.1 cm³/mol. The van der Waals surface area contributed by atoms with Crippen molar-refractivity contribution in [1.29, 1.82) is 0 Å². The third kappa shape index (κ3) is 1.68. The summed E-state index contributed by atoms with van der Waals surface area (Å²) in [6.07, 6.45) is 0. The molecule has 1 fully saturated rings. The summed E-state index contributed by atoms with van der Waals surface area (Å²) in [5.74, 6) is 0. The summed E-state index contributed by atoms with van der Waals surface area (Å²) < 4.78 is 0. The van der Waals surface area contributed by atoms with Crippen molar-refractivity contribution in [3.8, 4) is 0 Å². The van der Waals surface area contributed by atoms with E-state index in [0.717, 1.165) is 13.1 Å². The van der Waals surface area contributed by atoms with E-state index in [2.05, 4.69) is 36.9 Å². The molecule has 2 rings (SSSR count). The van der Waals surface area contributed by atoms with Crippen molar-refractivity contribution in [2.75, 3.05) is 18.0 Å². The van der Waals surface area contributed by atoms with Crippen molar-refractivity contribution >= 4 is 5.69 Å². The first-order valence-electron chi connectivity index (χ1n) is 4.74. The van der Waals surface area contributed by atoms with Crippen LogP contribution in [-0.2, 0) is 0 Å². The van der Waals surface area contributed by atoms with Gasteiger partial charge in [0.2, 0.25) is 0 Å². The van der Waals surface area contributed by atoms with E-state index in [1.807, 2.05) is 0 Å². The van der Waals surface area contributed by atoms with Crippen molar-refractivity contribution < 1.29 is 0 Å². The lowest BCUT2D eigenvalue weighted by Gasteiger charge is -2.39. The summed E-state index contributed by atoms with van der Waals surface area (Å²) >= 11 is 0. The molecule has 13 heavy (non-hydrogen) atoms. The fourth-order valence-electron chi connectivity index (χ4n) is 1.86. The van der Waals surface area contributed by atoms with Gasteiger partial charge in [0.25, 0.3) is 0 Å². The van der Waals surface area contributed by atoms with Gasteiger partial charge in [-0.15, -0.1) is 0 Å². The van der Waals surface area contributed by atoms with Crippen molar-refractivity contribution in [3.63, 3.8) is 0 Å². The molecule has 0 amide bonds. The summed E-state index contributed by atoms with van der Waals surface area (Å²) in [7, 11) is 0. The van der Waals surface area contributed by atoms with E-state index in [1.165, 1.54) is 16.8 Å². The van der Waals surface area contributed by atoms with E-state index in [9.17, 15) is 0 Å². The highest BCUT2D eigenvalue weighted by atomic mass is 15.2. The highest BCUT2D eigenvalue weighted by molar-refractivity contribution is 5.53. The first-order valence-corrected chi connectivity index (χ1v) is 4.74. The Hall–Kier alpha value is -1.02. The van der Waals surface area contributed by atoms with Gasteiger partial charge in [-0.25, -0.2) is 0 Å². The Kier molecular flexibility index (Phi) is 2.00. The minimum absolute atomic E-state index is 0.376. The van der Waals surface area contributed by atoms with Crippen molar-refractivity contribution in [2.24, 2.45) is 5.73 Å². The average Bonchev–Trinajstić information content (AvgIpc) is 1.96. The molecule has 1 saturated heterocycles. The minimum atomic E-state index is 0.376. The first-order chi connectivity index (χ1) is 6.15. The molecular formula is C11H16N2. The van der Waals surface area contributed by atoms with Gasteiger partial charge in [0.1, 0.15) is 0 Å². The lowest BCUT2D eigenvalue weighted by atomic mass is 10.1. The molecule has 0 spiro atoms. The van der Waals surface area contributed by atoms with Crippen LogP contribution in [0.5, 0.6) is 0 Å². The molecule has 0 atom stereocenters. The molecule has 0 radical (unpaired) electrons. The van der Waals surface area contributed by atoms with Gasteiger partial charge < -0.3 is 10.6 Å². The fourth-order valence-corrected chi connectivity index (χ4v) is 1.86. The Labute approximate surface area is 79.4 Å². The van der Waals surface area contributed by atoms with E-state index in [4.69, 9.17) is 5.73 Å². The largest absolute Gasteiger partial charge is 0.368 e. The molecule has 0 unspecified atom stereocenters. The number of rotatable bonds is 1. The molecule has 1 heterocycles. The lowest BCUT2D eigenvalue weighted by Crippen LogP contribution is -2.55. The van der Waals surface area contributed by atoms with Crippen LogP contribution in [0.4, 0.5) is 5.69 Å². The monoisotopic (exact) mass is 176 g/mol. The van der Waals surface area contributed by atoms with E-state index in [0.29, 0.717) is 6.04 Å². The number of nitrogens with two attached hydrogens (primary N) is 1. The third-order valence-electron chi connectivity index (χ3n) is 2.48. The molecule has 0 bridgehead atoms. The normalized spacial score (nSPS) is 17.3. The Balaban J connectivity index is 2.21. The summed E-state index contributed by atoms with van der Waals surface area (Å²) in [6.45, 7) is 6.28. The maximum atomic E-state index is 5.74. The number of benzene rings is 1. The van der Waals surface area contributed by atoms with Crippen molar-refractivity contribution in [2.45, 2.75) is 19.9 Å². The quantitative estimate of drug-likeness (QED) is 0.701. The zero-order chi connectivity index (χ0) is 9.42. The number of hydrogen-bond donors (Lipinski definition) is 1. The van der Waals surface area contributed by atoms with E-state index in [-0.39, 0.29) is 0 Å². The molecule has 2 N–H and O–H groups in total. The smallest absolute Gasteiger partial charge is 0.0395 e. The van der Waals surface area contributed by atoms with Crippen LogP contribution in [0.3, 0.4) is 0 Å². The fraction of sp³-hybridized carbons (Fsp3) is 0.455. The minimum Gasteiger partial charge on any atom is -0.368 e. The van der Waals surface area contributed by atoms with E-state index < -0.39 is 0 Å². The van der Waals surface area contributed by atoms with Gasteiger partial charge in [-0.1, -0.05) is 6.07 Å². The Morgan fingerprint density at radius 1 is 1.15 bits per heavy atom. The highest BCUT2D eigenvalue weighted by Crippen LogP contribution is 2.22. The molecule has 1 aliphatic rings. The summed E-state index contributed by atoms with van der Waals surface area (Å²) in [5, 5.41) is 0. The molecule has 2 nitrogen and oxygen atoms in total. The highest BCUT2D eigenvalue weighted by Gasteiger charge is 2.23. The Morgan fingerprint density at radius 2 is 1.69 bits per heavy atom. The number of anilines is 1. The molecule has 70 valence electrons. The second-order valence-electron chi connectivity index (χ2n) is 4.01. The number of aryl methyl sites for hydroxylation is 2. The second-order valence-corrected chi connectivity index (χ2v) is 4.01. The van der Waals surface area contributed by atoms with Crippen LogP contribution in [0.15, 0.2) is 18.2 Å². The zero-order valence-corrected chi connectivity index (χ0v) is 8.25. The van der Waals surface area contributed by atoms with Crippen LogP contribution >= 0.6 is 0 Å². The second kappa shape index (κ2) is 3.04. The van der Waals surface area contributed by atoms with Gasteiger partial charge in [-0.05, 0) is 37.1 Å². The summed E-state index contributed by atoms with van der Waals surface area (Å²) in [6, 6.07) is 7.02. The summed E-state index contributed by atoms with van der Waals surface area (Å²) in [4.78, 5) is 2.32. The third-order valence-corrected chi connectivity index (χ3v) is 2.48. The maximum absolute atomic E-state index is 5.74. The van der Waals surface area contributed by atoms with Gasteiger partial charge in [0, 0.05) is 24.8 Å². The van der Waals surface area contributed by atoms with Crippen LogP contribution in [-0.4, -0.2) is 19.1 Å². The van der Waals surface area contributed by atoms with E-state index >= 15 is 0 Å². The van der Waals surface area contributed by atoms with E-state index in [1.54, 1.807) is 0 Å². The Bertz CT molecular complexity index is 294. The average molecular weight is 176 g/mol. The molecule has 1 aromatic carbocycles. The van der Waals surface area contributed by atoms with Gasteiger partial charge in [-0.2, -0.15) is 0 Å². The van der Waals surface area contributed by atoms with Crippen LogP contribution in [0.25, 0.3) is 0 Å². The molecule has 1 aliphatic heterocycles.